The van der Waals surface area contributed by atoms with Crippen LogP contribution in [-0.2, 0) is 0 Å². The molecule has 0 saturated carbocycles. The van der Waals surface area contributed by atoms with E-state index in [1.165, 1.54) is 57.1 Å². The van der Waals surface area contributed by atoms with E-state index in [9.17, 15) is 0 Å². The molecule has 0 aromatic rings. The zero-order chi connectivity index (χ0) is 11.9. The molecular weight excluding hydrogens is 226 g/mol. The summed E-state index contributed by atoms with van der Waals surface area (Å²) in [6.45, 7) is 3.36. The molecule has 1 saturated heterocycles. The number of hydrogen-bond acceptors (Lipinski definition) is 2. The van der Waals surface area contributed by atoms with Gasteiger partial charge in [-0.05, 0) is 50.8 Å². The second-order valence-electron chi connectivity index (χ2n) is 5.32. The quantitative estimate of drug-likeness (QED) is 0.756. The first-order valence-corrected chi connectivity index (χ1v) is 8.50. The van der Waals surface area contributed by atoms with Crippen molar-refractivity contribution in [2.75, 3.05) is 12.3 Å². The van der Waals surface area contributed by atoms with Crippen LogP contribution in [0.1, 0.15) is 58.3 Å². The van der Waals surface area contributed by atoms with Crippen LogP contribution in [-0.4, -0.2) is 23.6 Å². The standard InChI is InChI=1S/C15H27NS/c1-2-16-15(14-11-7-8-12-17-14)13-9-5-3-4-6-10-13/h9,14-16H,2-8,10-12H2,1H3. The van der Waals surface area contributed by atoms with Gasteiger partial charge < -0.3 is 5.32 Å². The second-order valence-corrected chi connectivity index (χ2v) is 6.67. The maximum absolute atomic E-state index is 3.76. The van der Waals surface area contributed by atoms with Gasteiger partial charge in [0.15, 0.2) is 0 Å². The Morgan fingerprint density at radius 3 is 3.00 bits per heavy atom. The molecule has 1 heterocycles. The first-order chi connectivity index (χ1) is 8.42. The van der Waals surface area contributed by atoms with Gasteiger partial charge in [0.25, 0.3) is 0 Å². The summed E-state index contributed by atoms with van der Waals surface area (Å²) in [5.41, 5.74) is 1.73. The number of likely N-dealkylation sites (N-methyl/N-ethyl adjacent to an activating group) is 1. The van der Waals surface area contributed by atoms with E-state index in [1.54, 1.807) is 5.57 Å². The Balaban J connectivity index is 2.00. The Bertz CT molecular complexity index is 243. The first-order valence-electron chi connectivity index (χ1n) is 7.45. The number of allylic oxidation sites excluding steroid dienone is 1. The Morgan fingerprint density at radius 1 is 1.29 bits per heavy atom. The van der Waals surface area contributed by atoms with Gasteiger partial charge in [-0.1, -0.05) is 31.4 Å². The van der Waals surface area contributed by atoms with Crippen LogP contribution in [0.2, 0.25) is 0 Å². The molecule has 1 N–H and O–H groups in total. The maximum Gasteiger partial charge on any atom is 0.0399 e. The van der Waals surface area contributed by atoms with Gasteiger partial charge in [0.2, 0.25) is 0 Å². The molecule has 1 nitrogen and oxygen atoms in total. The summed E-state index contributed by atoms with van der Waals surface area (Å²) < 4.78 is 0. The average Bonchev–Trinajstić information content (AvgIpc) is 2.66. The van der Waals surface area contributed by atoms with Crippen LogP contribution in [0.3, 0.4) is 0 Å². The normalized spacial score (nSPS) is 28.3. The van der Waals surface area contributed by atoms with Gasteiger partial charge in [0.1, 0.15) is 0 Å². The van der Waals surface area contributed by atoms with Crippen molar-refractivity contribution in [2.45, 2.75) is 69.6 Å². The zero-order valence-electron chi connectivity index (χ0n) is 11.2. The van der Waals surface area contributed by atoms with E-state index < -0.39 is 0 Å². The first kappa shape index (κ1) is 13.5. The van der Waals surface area contributed by atoms with Crippen molar-refractivity contribution in [1.29, 1.82) is 0 Å². The second kappa shape index (κ2) is 7.48. The fourth-order valence-electron chi connectivity index (χ4n) is 3.07. The lowest BCUT2D eigenvalue weighted by atomic mass is 9.96. The molecule has 17 heavy (non-hydrogen) atoms. The third kappa shape index (κ3) is 4.03. The number of thioether (sulfide) groups is 1. The third-order valence-corrected chi connectivity index (χ3v) is 5.45. The van der Waals surface area contributed by atoms with Gasteiger partial charge in [-0.15, -0.1) is 0 Å². The van der Waals surface area contributed by atoms with Gasteiger partial charge >= 0.3 is 0 Å². The molecule has 0 aromatic heterocycles. The summed E-state index contributed by atoms with van der Waals surface area (Å²) in [6, 6.07) is 0.670. The van der Waals surface area contributed by atoms with Crippen molar-refractivity contribution in [3.63, 3.8) is 0 Å². The van der Waals surface area contributed by atoms with E-state index in [0.29, 0.717) is 6.04 Å². The molecule has 2 aliphatic rings. The highest BCUT2D eigenvalue weighted by Gasteiger charge is 2.26. The average molecular weight is 253 g/mol. The molecule has 98 valence electrons. The predicted octanol–water partition coefficient (Wildman–Crippen LogP) is 4.14. The van der Waals surface area contributed by atoms with E-state index in [2.05, 4.69) is 30.1 Å². The molecule has 2 atom stereocenters. The van der Waals surface area contributed by atoms with E-state index >= 15 is 0 Å². The summed E-state index contributed by atoms with van der Waals surface area (Å²) >= 11 is 2.21. The van der Waals surface area contributed by atoms with Gasteiger partial charge in [0, 0.05) is 11.3 Å². The highest BCUT2D eigenvalue weighted by atomic mass is 32.2. The molecule has 2 rings (SSSR count). The molecule has 0 aromatic carbocycles. The van der Waals surface area contributed by atoms with Crippen LogP contribution in [0.15, 0.2) is 11.6 Å². The van der Waals surface area contributed by atoms with Gasteiger partial charge in [-0.3, -0.25) is 0 Å². The van der Waals surface area contributed by atoms with Crippen LogP contribution >= 0.6 is 11.8 Å². The van der Waals surface area contributed by atoms with Gasteiger partial charge in [-0.2, -0.15) is 11.8 Å². The fourth-order valence-corrected chi connectivity index (χ4v) is 4.54. The highest BCUT2D eigenvalue weighted by Crippen LogP contribution is 2.32. The van der Waals surface area contributed by atoms with Crippen LogP contribution in [0.5, 0.6) is 0 Å². The summed E-state index contributed by atoms with van der Waals surface area (Å²) in [5.74, 6) is 1.37. The molecule has 1 aliphatic heterocycles. The lowest BCUT2D eigenvalue weighted by Crippen LogP contribution is -2.40. The van der Waals surface area contributed by atoms with Crippen LogP contribution in [0.4, 0.5) is 0 Å². The monoisotopic (exact) mass is 253 g/mol. The minimum atomic E-state index is 0.670. The highest BCUT2D eigenvalue weighted by molar-refractivity contribution is 8.00. The zero-order valence-corrected chi connectivity index (χ0v) is 12.0. The third-order valence-electron chi connectivity index (χ3n) is 3.99. The summed E-state index contributed by atoms with van der Waals surface area (Å²) in [4.78, 5) is 0. The Kier molecular flexibility index (Phi) is 5.93. The minimum absolute atomic E-state index is 0.670. The summed E-state index contributed by atoms with van der Waals surface area (Å²) in [6.07, 6.45) is 13.7. The largest absolute Gasteiger partial charge is 0.310 e. The molecule has 0 spiro atoms. The topological polar surface area (TPSA) is 12.0 Å². The van der Waals surface area contributed by atoms with Crippen molar-refractivity contribution in [3.8, 4) is 0 Å². The smallest absolute Gasteiger partial charge is 0.0399 e. The van der Waals surface area contributed by atoms with E-state index in [-0.39, 0.29) is 0 Å². The number of rotatable bonds is 4. The van der Waals surface area contributed by atoms with E-state index in [4.69, 9.17) is 0 Å². The van der Waals surface area contributed by atoms with Crippen LogP contribution < -0.4 is 5.32 Å². The predicted molar refractivity (Wildman–Crippen MR) is 78.7 cm³/mol. The van der Waals surface area contributed by atoms with Crippen molar-refractivity contribution >= 4 is 11.8 Å². The van der Waals surface area contributed by atoms with Crippen molar-refractivity contribution in [2.24, 2.45) is 0 Å². The van der Waals surface area contributed by atoms with Crippen LogP contribution in [0.25, 0.3) is 0 Å². The van der Waals surface area contributed by atoms with E-state index in [1.807, 2.05) is 0 Å². The molecule has 1 fully saturated rings. The Labute approximate surface area is 111 Å². The molecule has 0 radical (unpaired) electrons. The van der Waals surface area contributed by atoms with Crippen molar-refractivity contribution in [1.82, 2.24) is 5.32 Å². The molecule has 0 bridgehead atoms. The summed E-state index contributed by atoms with van der Waals surface area (Å²) in [7, 11) is 0. The maximum atomic E-state index is 3.76. The molecule has 2 heteroatoms. The van der Waals surface area contributed by atoms with Gasteiger partial charge in [-0.25, -0.2) is 0 Å². The summed E-state index contributed by atoms with van der Waals surface area (Å²) in [5, 5.41) is 4.60. The number of nitrogens with one attached hydrogen (secondary N) is 1. The van der Waals surface area contributed by atoms with Crippen molar-refractivity contribution < 1.29 is 0 Å². The lowest BCUT2D eigenvalue weighted by Gasteiger charge is -2.32. The van der Waals surface area contributed by atoms with Gasteiger partial charge in [0.05, 0.1) is 0 Å². The Hall–Kier alpha value is 0.0500. The van der Waals surface area contributed by atoms with Crippen molar-refractivity contribution in [3.05, 3.63) is 11.6 Å². The lowest BCUT2D eigenvalue weighted by molar-refractivity contribution is 0.507. The fraction of sp³-hybridized carbons (Fsp3) is 0.867. The molecule has 2 unspecified atom stereocenters. The molecular formula is C15H27NS. The minimum Gasteiger partial charge on any atom is -0.310 e. The molecule has 1 aliphatic carbocycles. The SMILES string of the molecule is CCNC(C1=CCCCCC1)C1CCCCS1. The number of hydrogen-bond donors (Lipinski definition) is 1. The van der Waals surface area contributed by atoms with E-state index in [0.717, 1.165) is 11.8 Å². The Morgan fingerprint density at radius 2 is 2.24 bits per heavy atom. The molecule has 0 amide bonds. The van der Waals surface area contributed by atoms with Crippen LogP contribution in [0, 0.1) is 0 Å².